The predicted molar refractivity (Wildman–Crippen MR) is 88.5 cm³/mol. The molecule has 21 heavy (non-hydrogen) atoms. The van der Waals surface area contributed by atoms with E-state index >= 15 is 0 Å². The van der Waals surface area contributed by atoms with E-state index in [9.17, 15) is 8.42 Å². The second kappa shape index (κ2) is 6.05. The summed E-state index contributed by atoms with van der Waals surface area (Å²) in [6.45, 7) is 0.682. The molecule has 7 heteroatoms. The Morgan fingerprint density at radius 3 is 2.29 bits per heavy atom. The molecule has 0 aliphatic rings. The maximum absolute atomic E-state index is 11.3. The molecule has 0 saturated carbocycles. The van der Waals surface area contributed by atoms with Crippen molar-refractivity contribution in [2.45, 2.75) is 11.4 Å². The summed E-state index contributed by atoms with van der Waals surface area (Å²) >= 11 is 3.39. The molecule has 0 aliphatic heterocycles. The molecule has 0 atom stereocenters. The molecule has 0 saturated heterocycles. The first-order chi connectivity index (χ1) is 9.77. The minimum atomic E-state index is -3.79. The van der Waals surface area contributed by atoms with Crippen LogP contribution < -0.4 is 15.8 Å². The van der Waals surface area contributed by atoms with Crippen molar-refractivity contribution in [2.75, 3.05) is 17.7 Å². The molecule has 0 aromatic heterocycles. The van der Waals surface area contributed by atoms with E-state index in [-0.39, 0.29) is 10.6 Å². The Hall–Kier alpha value is -1.57. The van der Waals surface area contributed by atoms with Crippen LogP contribution in [0.15, 0.2) is 51.8 Å². The summed E-state index contributed by atoms with van der Waals surface area (Å²) in [7, 11) is -1.88. The molecule has 4 N–H and O–H groups in total. The largest absolute Gasteiger partial charge is 0.398 e. The Morgan fingerprint density at radius 1 is 1.14 bits per heavy atom. The Bertz CT molecular complexity index is 745. The van der Waals surface area contributed by atoms with Gasteiger partial charge in [0.05, 0.1) is 5.69 Å². The molecule has 0 spiro atoms. The molecule has 0 unspecified atom stereocenters. The quantitative estimate of drug-likeness (QED) is 0.809. The monoisotopic (exact) mass is 369 g/mol. The van der Waals surface area contributed by atoms with E-state index in [0.717, 1.165) is 15.7 Å². The van der Waals surface area contributed by atoms with Gasteiger partial charge in [-0.2, -0.15) is 0 Å². The van der Waals surface area contributed by atoms with E-state index < -0.39 is 10.0 Å². The van der Waals surface area contributed by atoms with E-state index in [0.29, 0.717) is 6.54 Å². The molecule has 0 fully saturated rings. The third kappa shape index (κ3) is 3.96. The lowest BCUT2D eigenvalue weighted by Gasteiger charge is -2.20. The number of nitrogens with zero attached hydrogens (tertiary/aromatic N) is 1. The molecular formula is C14H16BrN3O2S. The third-order valence-electron chi connectivity index (χ3n) is 3.07. The van der Waals surface area contributed by atoms with Gasteiger partial charge in [0, 0.05) is 23.8 Å². The fraction of sp³-hybridized carbons (Fsp3) is 0.143. The summed E-state index contributed by atoms with van der Waals surface area (Å²) < 4.78 is 23.7. The summed E-state index contributed by atoms with van der Waals surface area (Å²) in [4.78, 5) is 1.93. The molecule has 0 aliphatic carbocycles. The summed E-state index contributed by atoms with van der Waals surface area (Å²) in [5, 5.41) is 5.10. The predicted octanol–water partition coefficient (Wildman–Crippen LogP) is 2.32. The van der Waals surface area contributed by atoms with Crippen LogP contribution in [0.1, 0.15) is 5.56 Å². The number of nitrogens with two attached hydrogens (primary N) is 2. The van der Waals surface area contributed by atoms with Crippen LogP contribution in [-0.4, -0.2) is 15.5 Å². The topological polar surface area (TPSA) is 89.4 Å². The van der Waals surface area contributed by atoms with Crippen LogP contribution in [0.2, 0.25) is 0 Å². The number of halogens is 1. The van der Waals surface area contributed by atoms with Gasteiger partial charge in [-0.15, -0.1) is 0 Å². The van der Waals surface area contributed by atoms with Crippen molar-refractivity contribution in [3.8, 4) is 0 Å². The zero-order valence-corrected chi connectivity index (χ0v) is 13.9. The van der Waals surface area contributed by atoms with Crippen LogP contribution in [0, 0.1) is 0 Å². The summed E-state index contributed by atoms with van der Waals surface area (Å²) in [6, 6.07) is 12.7. The first kappa shape index (κ1) is 15.8. The highest BCUT2D eigenvalue weighted by Gasteiger charge is 2.13. The first-order valence-corrected chi connectivity index (χ1v) is 8.49. The smallest absolute Gasteiger partial charge is 0.240 e. The molecule has 2 rings (SSSR count). The SMILES string of the molecule is CN(Cc1ccc(Br)cc1)c1ccc(S(N)(=O)=O)c(N)c1. The Kier molecular flexibility index (Phi) is 4.55. The normalized spacial score (nSPS) is 11.4. The molecule has 112 valence electrons. The molecule has 2 aromatic rings. The second-order valence-electron chi connectivity index (χ2n) is 4.75. The van der Waals surface area contributed by atoms with E-state index in [1.807, 2.05) is 36.2 Å². The van der Waals surface area contributed by atoms with Gasteiger partial charge in [-0.25, -0.2) is 13.6 Å². The fourth-order valence-electron chi connectivity index (χ4n) is 1.99. The summed E-state index contributed by atoms with van der Waals surface area (Å²) in [5.41, 5.74) is 7.87. The maximum atomic E-state index is 11.3. The van der Waals surface area contributed by atoms with E-state index in [2.05, 4.69) is 15.9 Å². The van der Waals surface area contributed by atoms with Gasteiger partial charge < -0.3 is 10.6 Å². The molecule has 5 nitrogen and oxygen atoms in total. The van der Waals surface area contributed by atoms with Crippen LogP contribution in [0.25, 0.3) is 0 Å². The van der Waals surface area contributed by atoms with Gasteiger partial charge >= 0.3 is 0 Å². The molecule has 0 radical (unpaired) electrons. The first-order valence-electron chi connectivity index (χ1n) is 6.15. The number of sulfonamides is 1. The van der Waals surface area contributed by atoms with Crippen LogP contribution in [-0.2, 0) is 16.6 Å². The van der Waals surface area contributed by atoms with Crippen LogP contribution in [0.5, 0.6) is 0 Å². The maximum Gasteiger partial charge on any atom is 0.240 e. The molecule has 0 bridgehead atoms. The third-order valence-corrected chi connectivity index (χ3v) is 4.59. The highest BCUT2D eigenvalue weighted by Crippen LogP contribution is 2.24. The lowest BCUT2D eigenvalue weighted by atomic mass is 10.2. The van der Waals surface area contributed by atoms with E-state index in [1.54, 1.807) is 12.1 Å². The minimum Gasteiger partial charge on any atom is -0.398 e. The standard InChI is InChI=1S/C14H16BrN3O2S/c1-18(9-10-2-4-11(15)5-3-10)12-6-7-14(13(16)8-12)21(17,19)20/h2-8H,9,16H2,1H3,(H2,17,19,20). The van der Waals surface area contributed by atoms with Crippen molar-refractivity contribution in [1.29, 1.82) is 0 Å². The van der Waals surface area contributed by atoms with Crippen molar-refractivity contribution in [1.82, 2.24) is 0 Å². The van der Waals surface area contributed by atoms with Crippen LogP contribution in [0.4, 0.5) is 11.4 Å². The zero-order chi connectivity index (χ0) is 15.6. The highest BCUT2D eigenvalue weighted by molar-refractivity contribution is 9.10. The number of rotatable bonds is 4. The van der Waals surface area contributed by atoms with Crippen molar-refractivity contribution in [3.63, 3.8) is 0 Å². The zero-order valence-electron chi connectivity index (χ0n) is 11.5. The van der Waals surface area contributed by atoms with Crippen LogP contribution >= 0.6 is 15.9 Å². The Labute approximate surface area is 132 Å². The number of benzene rings is 2. The van der Waals surface area contributed by atoms with Gasteiger partial charge in [0.2, 0.25) is 10.0 Å². The van der Waals surface area contributed by atoms with Gasteiger partial charge in [0.25, 0.3) is 0 Å². The van der Waals surface area contributed by atoms with Gasteiger partial charge in [-0.3, -0.25) is 0 Å². The number of hydrogen-bond acceptors (Lipinski definition) is 4. The fourth-order valence-corrected chi connectivity index (χ4v) is 2.90. The lowest BCUT2D eigenvalue weighted by molar-refractivity contribution is 0.598. The Morgan fingerprint density at radius 2 is 1.76 bits per heavy atom. The number of nitrogen functional groups attached to an aromatic ring is 1. The molecule has 2 aromatic carbocycles. The summed E-state index contributed by atoms with van der Waals surface area (Å²) in [5.74, 6) is 0. The van der Waals surface area contributed by atoms with Crippen molar-refractivity contribution >= 4 is 37.3 Å². The van der Waals surface area contributed by atoms with Crippen LogP contribution in [0.3, 0.4) is 0 Å². The van der Waals surface area contributed by atoms with E-state index in [4.69, 9.17) is 10.9 Å². The average Bonchev–Trinajstić information content (AvgIpc) is 2.39. The van der Waals surface area contributed by atoms with Gasteiger partial charge in [-0.1, -0.05) is 28.1 Å². The Balaban J connectivity index is 2.22. The lowest BCUT2D eigenvalue weighted by Crippen LogP contribution is -2.18. The molecule has 0 heterocycles. The highest BCUT2D eigenvalue weighted by atomic mass is 79.9. The van der Waals surface area contributed by atoms with Gasteiger partial charge in [0.15, 0.2) is 0 Å². The molecular weight excluding hydrogens is 354 g/mol. The van der Waals surface area contributed by atoms with Gasteiger partial charge in [-0.05, 0) is 35.9 Å². The summed E-state index contributed by atoms with van der Waals surface area (Å²) in [6.07, 6.45) is 0. The number of anilines is 2. The van der Waals surface area contributed by atoms with Gasteiger partial charge in [0.1, 0.15) is 4.90 Å². The van der Waals surface area contributed by atoms with E-state index in [1.165, 1.54) is 6.07 Å². The number of hydrogen-bond donors (Lipinski definition) is 2. The van der Waals surface area contributed by atoms with Crippen molar-refractivity contribution < 1.29 is 8.42 Å². The number of primary sulfonamides is 1. The molecule has 0 amide bonds. The average molecular weight is 370 g/mol. The second-order valence-corrected chi connectivity index (χ2v) is 7.20. The van der Waals surface area contributed by atoms with Crippen molar-refractivity contribution in [2.24, 2.45) is 5.14 Å². The van der Waals surface area contributed by atoms with Crippen molar-refractivity contribution in [3.05, 3.63) is 52.5 Å². The minimum absolute atomic E-state index is 0.0525.